The highest BCUT2D eigenvalue weighted by Gasteiger charge is 2.17. The Hall–Kier alpha value is -2.96. The second-order valence-electron chi connectivity index (χ2n) is 6.25. The van der Waals surface area contributed by atoms with Crippen molar-refractivity contribution in [1.82, 2.24) is 0 Å². The Morgan fingerprint density at radius 1 is 0.857 bits per heavy atom. The van der Waals surface area contributed by atoms with Crippen LogP contribution in [0.15, 0.2) is 83.8 Å². The summed E-state index contributed by atoms with van der Waals surface area (Å²) < 4.78 is 34.9. The fourth-order valence-electron chi connectivity index (χ4n) is 2.47. The molecular weight excluding hydrogens is 376 g/mol. The number of benzene rings is 3. The summed E-state index contributed by atoms with van der Waals surface area (Å²) in [5, 5.41) is 0. The van der Waals surface area contributed by atoms with Gasteiger partial charge in [0.05, 0.1) is 4.90 Å². The van der Waals surface area contributed by atoms with E-state index in [1.165, 1.54) is 12.1 Å². The standard InChI is InChI=1S/C22H20O5S/c1-17-7-13-21(14-8-17)28(24,25)27-16-22(23)19-9-11-20(12-10-19)26-15-18-5-3-2-4-6-18/h2-14H,15-16H2,1H3. The van der Waals surface area contributed by atoms with Gasteiger partial charge in [-0.3, -0.25) is 8.98 Å². The summed E-state index contributed by atoms with van der Waals surface area (Å²) in [6, 6.07) is 22.5. The van der Waals surface area contributed by atoms with Crippen molar-refractivity contribution in [1.29, 1.82) is 0 Å². The minimum atomic E-state index is -3.97. The summed E-state index contributed by atoms with van der Waals surface area (Å²) in [4.78, 5) is 12.3. The zero-order valence-electron chi connectivity index (χ0n) is 15.4. The summed E-state index contributed by atoms with van der Waals surface area (Å²) >= 11 is 0. The lowest BCUT2D eigenvalue weighted by Crippen LogP contribution is -2.14. The Balaban J connectivity index is 1.56. The Morgan fingerprint density at radius 3 is 2.14 bits per heavy atom. The average Bonchev–Trinajstić information content (AvgIpc) is 2.72. The van der Waals surface area contributed by atoms with Crippen molar-refractivity contribution in [2.45, 2.75) is 18.4 Å². The third-order valence-electron chi connectivity index (χ3n) is 4.08. The Bertz CT molecular complexity index is 1020. The lowest BCUT2D eigenvalue weighted by atomic mass is 10.1. The van der Waals surface area contributed by atoms with Gasteiger partial charge in [0.25, 0.3) is 10.1 Å². The number of ether oxygens (including phenoxy) is 1. The molecule has 3 aromatic carbocycles. The van der Waals surface area contributed by atoms with Crippen molar-refractivity contribution in [3.05, 3.63) is 95.6 Å². The summed E-state index contributed by atoms with van der Waals surface area (Å²) in [6.45, 7) is 1.72. The first-order chi connectivity index (χ1) is 13.4. The third-order valence-corrected chi connectivity index (χ3v) is 5.36. The molecule has 0 spiro atoms. The fraction of sp³-hybridized carbons (Fsp3) is 0.136. The average molecular weight is 396 g/mol. The minimum absolute atomic E-state index is 0.0237. The van der Waals surface area contributed by atoms with Crippen molar-refractivity contribution in [3.8, 4) is 5.75 Å². The Kier molecular flexibility index (Phi) is 6.23. The third kappa shape index (κ3) is 5.28. The van der Waals surface area contributed by atoms with E-state index in [0.29, 0.717) is 17.9 Å². The topological polar surface area (TPSA) is 69.7 Å². The molecule has 0 atom stereocenters. The van der Waals surface area contributed by atoms with Gasteiger partial charge in [-0.2, -0.15) is 8.42 Å². The number of carbonyl (C=O) groups is 1. The fourth-order valence-corrected chi connectivity index (χ4v) is 3.33. The van der Waals surface area contributed by atoms with E-state index < -0.39 is 22.5 Å². The molecule has 5 nitrogen and oxygen atoms in total. The molecule has 144 valence electrons. The molecule has 0 bridgehead atoms. The lowest BCUT2D eigenvalue weighted by Gasteiger charge is -2.08. The van der Waals surface area contributed by atoms with Gasteiger partial charge in [0, 0.05) is 5.56 Å². The zero-order chi connectivity index (χ0) is 20.0. The van der Waals surface area contributed by atoms with Crippen LogP contribution in [0.3, 0.4) is 0 Å². The zero-order valence-corrected chi connectivity index (χ0v) is 16.2. The minimum Gasteiger partial charge on any atom is -0.489 e. The van der Waals surface area contributed by atoms with E-state index in [1.54, 1.807) is 36.4 Å². The molecule has 0 amide bonds. The van der Waals surface area contributed by atoms with Crippen LogP contribution in [0.4, 0.5) is 0 Å². The van der Waals surface area contributed by atoms with Gasteiger partial charge in [-0.15, -0.1) is 0 Å². The predicted octanol–water partition coefficient (Wildman–Crippen LogP) is 4.16. The number of aryl methyl sites for hydroxylation is 1. The van der Waals surface area contributed by atoms with E-state index >= 15 is 0 Å². The summed E-state index contributed by atoms with van der Waals surface area (Å²) in [5.41, 5.74) is 2.33. The maximum atomic E-state index is 12.2. The molecule has 0 fully saturated rings. The van der Waals surface area contributed by atoms with Crippen molar-refractivity contribution in [2.75, 3.05) is 6.61 Å². The predicted molar refractivity (Wildman–Crippen MR) is 106 cm³/mol. The number of hydrogen-bond acceptors (Lipinski definition) is 5. The van der Waals surface area contributed by atoms with E-state index in [1.807, 2.05) is 37.3 Å². The van der Waals surface area contributed by atoms with Gasteiger partial charge in [-0.1, -0.05) is 48.0 Å². The van der Waals surface area contributed by atoms with Crippen LogP contribution < -0.4 is 4.74 Å². The molecule has 3 rings (SSSR count). The molecule has 3 aromatic rings. The summed E-state index contributed by atoms with van der Waals surface area (Å²) in [6.07, 6.45) is 0. The molecule has 0 aliphatic rings. The molecule has 0 unspecified atom stereocenters. The van der Waals surface area contributed by atoms with Crippen LogP contribution in [-0.2, 0) is 20.9 Å². The Labute approximate surface area is 164 Å². The molecule has 0 aliphatic carbocycles. The SMILES string of the molecule is Cc1ccc(S(=O)(=O)OCC(=O)c2ccc(OCc3ccccc3)cc2)cc1. The molecule has 28 heavy (non-hydrogen) atoms. The van der Waals surface area contributed by atoms with Crippen LogP contribution in [-0.4, -0.2) is 20.8 Å². The molecule has 0 N–H and O–H groups in total. The van der Waals surface area contributed by atoms with Gasteiger partial charge >= 0.3 is 0 Å². The molecule has 0 aliphatic heterocycles. The van der Waals surface area contributed by atoms with E-state index in [2.05, 4.69) is 0 Å². The van der Waals surface area contributed by atoms with E-state index in [-0.39, 0.29) is 4.90 Å². The quantitative estimate of drug-likeness (QED) is 0.422. The number of ketones is 1. The van der Waals surface area contributed by atoms with E-state index in [0.717, 1.165) is 11.1 Å². The molecule has 0 radical (unpaired) electrons. The number of rotatable bonds is 8. The first-order valence-electron chi connectivity index (χ1n) is 8.70. The van der Waals surface area contributed by atoms with Crippen molar-refractivity contribution >= 4 is 15.9 Å². The van der Waals surface area contributed by atoms with E-state index in [4.69, 9.17) is 8.92 Å². The number of Topliss-reactive ketones (excluding diaryl/α,β-unsaturated/α-hetero) is 1. The lowest BCUT2D eigenvalue weighted by molar-refractivity contribution is 0.0924. The number of hydrogen-bond donors (Lipinski definition) is 0. The highest BCUT2D eigenvalue weighted by molar-refractivity contribution is 7.86. The maximum Gasteiger partial charge on any atom is 0.297 e. The van der Waals surface area contributed by atoms with Gasteiger partial charge in [-0.05, 0) is 48.9 Å². The second-order valence-corrected chi connectivity index (χ2v) is 7.87. The molecule has 6 heteroatoms. The van der Waals surface area contributed by atoms with Crippen LogP contribution in [0.25, 0.3) is 0 Å². The monoisotopic (exact) mass is 396 g/mol. The van der Waals surface area contributed by atoms with Crippen LogP contribution in [0.1, 0.15) is 21.5 Å². The van der Waals surface area contributed by atoms with Crippen LogP contribution >= 0.6 is 0 Å². The van der Waals surface area contributed by atoms with Crippen LogP contribution in [0, 0.1) is 6.92 Å². The van der Waals surface area contributed by atoms with Crippen LogP contribution in [0.2, 0.25) is 0 Å². The van der Waals surface area contributed by atoms with Crippen molar-refractivity contribution < 1.29 is 22.1 Å². The summed E-state index contributed by atoms with van der Waals surface area (Å²) in [7, 11) is -3.97. The van der Waals surface area contributed by atoms with Crippen molar-refractivity contribution in [2.24, 2.45) is 0 Å². The summed E-state index contributed by atoms with van der Waals surface area (Å²) in [5.74, 6) is 0.193. The maximum absolute atomic E-state index is 12.2. The Morgan fingerprint density at radius 2 is 1.50 bits per heavy atom. The normalized spacial score (nSPS) is 11.2. The largest absolute Gasteiger partial charge is 0.489 e. The smallest absolute Gasteiger partial charge is 0.297 e. The van der Waals surface area contributed by atoms with Crippen molar-refractivity contribution in [3.63, 3.8) is 0 Å². The molecule has 0 aromatic heterocycles. The van der Waals surface area contributed by atoms with Crippen LogP contribution in [0.5, 0.6) is 5.75 Å². The molecule has 0 saturated heterocycles. The first kappa shape index (κ1) is 19.8. The first-order valence-corrected chi connectivity index (χ1v) is 10.1. The van der Waals surface area contributed by atoms with Gasteiger partial charge in [0.2, 0.25) is 0 Å². The molecule has 0 heterocycles. The molecule has 0 saturated carbocycles. The van der Waals surface area contributed by atoms with E-state index in [9.17, 15) is 13.2 Å². The van der Waals surface area contributed by atoms with Gasteiger partial charge in [-0.25, -0.2) is 0 Å². The molecular formula is C22H20O5S. The number of carbonyl (C=O) groups excluding carboxylic acids is 1. The van der Waals surface area contributed by atoms with Gasteiger partial charge in [0.15, 0.2) is 5.78 Å². The highest BCUT2D eigenvalue weighted by Crippen LogP contribution is 2.17. The highest BCUT2D eigenvalue weighted by atomic mass is 32.2. The second kappa shape index (κ2) is 8.82. The van der Waals surface area contributed by atoms with Gasteiger partial charge in [0.1, 0.15) is 19.0 Å². The van der Waals surface area contributed by atoms with Gasteiger partial charge < -0.3 is 4.74 Å².